The van der Waals surface area contributed by atoms with Crippen molar-refractivity contribution in [2.45, 2.75) is 25.8 Å². The number of rotatable bonds is 0. The van der Waals surface area contributed by atoms with Gasteiger partial charge in [0, 0.05) is 4.88 Å². The number of nitrogens with zero attached hydrogens (tertiary/aromatic N) is 1. The Labute approximate surface area is 80.2 Å². The third-order valence-corrected chi connectivity index (χ3v) is 3.10. The van der Waals surface area contributed by atoms with Crippen LogP contribution in [-0.4, -0.2) is 16.9 Å². The molecule has 1 amide bonds. The molecule has 5 heteroatoms. The molecule has 0 aliphatic carbocycles. The van der Waals surface area contributed by atoms with Crippen LogP contribution in [0.1, 0.15) is 16.3 Å². The standard InChI is InChI=1S/C8H11N3OS/c1-4-10-7-6(13-4)3-2-5(9)8(12)11-7/h5H,2-3,9H2,1H3,(H,11,12)/t5-/m0/s1. The average Bonchev–Trinajstić information content (AvgIpc) is 2.36. The van der Waals surface area contributed by atoms with Gasteiger partial charge in [-0.3, -0.25) is 4.79 Å². The third kappa shape index (κ3) is 1.57. The van der Waals surface area contributed by atoms with Gasteiger partial charge < -0.3 is 11.1 Å². The molecule has 0 spiro atoms. The van der Waals surface area contributed by atoms with Crippen LogP contribution < -0.4 is 11.1 Å². The molecule has 0 saturated heterocycles. The summed E-state index contributed by atoms with van der Waals surface area (Å²) in [5, 5.41) is 3.72. The normalized spacial score (nSPS) is 22.0. The van der Waals surface area contributed by atoms with E-state index >= 15 is 0 Å². The molecular formula is C8H11N3OS. The number of anilines is 1. The first-order valence-corrected chi connectivity index (χ1v) is 5.01. The van der Waals surface area contributed by atoms with Crippen molar-refractivity contribution in [3.8, 4) is 0 Å². The van der Waals surface area contributed by atoms with Gasteiger partial charge in [0.05, 0.1) is 11.0 Å². The van der Waals surface area contributed by atoms with E-state index in [0.717, 1.165) is 16.3 Å². The molecule has 13 heavy (non-hydrogen) atoms. The third-order valence-electron chi connectivity index (χ3n) is 2.07. The molecule has 70 valence electrons. The highest BCUT2D eigenvalue weighted by Crippen LogP contribution is 2.26. The van der Waals surface area contributed by atoms with E-state index in [0.29, 0.717) is 12.2 Å². The first-order valence-electron chi connectivity index (χ1n) is 4.19. The van der Waals surface area contributed by atoms with E-state index in [4.69, 9.17) is 5.73 Å². The monoisotopic (exact) mass is 197 g/mol. The maximum absolute atomic E-state index is 11.3. The lowest BCUT2D eigenvalue weighted by atomic mass is 10.2. The van der Waals surface area contributed by atoms with Crippen molar-refractivity contribution in [1.82, 2.24) is 4.98 Å². The largest absolute Gasteiger partial charge is 0.320 e. The minimum absolute atomic E-state index is 0.121. The van der Waals surface area contributed by atoms with E-state index in [1.807, 2.05) is 6.92 Å². The summed E-state index contributed by atoms with van der Waals surface area (Å²) >= 11 is 1.63. The van der Waals surface area contributed by atoms with Gasteiger partial charge in [0.1, 0.15) is 5.82 Å². The predicted molar refractivity (Wildman–Crippen MR) is 51.8 cm³/mol. The van der Waals surface area contributed by atoms with E-state index in [-0.39, 0.29) is 11.9 Å². The molecule has 1 aromatic rings. The average molecular weight is 197 g/mol. The number of hydrogen-bond donors (Lipinski definition) is 2. The lowest BCUT2D eigenvalue weighted by Crippen LogP contribution is -2.34. The fourth-order valence-electron chi connectivity index (χ4n) is 1.36. The van der Waals surface area contributed by atoms with Gasteiger partial charge in [0.2, 0.25) is 5.91 Å². The number of nitrogens with one attached hydrogen (secondary N) is 1. The van der Waals surface area contributed by atoms with Crippen molar-refractivity contribution >= 4 is 23.1 Å². The molecule has 0 radical (unpaired) electrons. The van der Waals surface area contributed by atoms with Gasteiger partial charge >= 0.3 is 0 Å². The number of nitrogens with two attached hydrogens (primary N) is 1. The number of thiazole rings is 1. The van der Waals surface area contributed by atoms with E-state index in [2.05, 4.69) is 10.3 Å². The number of carbonyl (C=O) groups is 1. The summed E-state index contributed by atoms with van der Waals surface area (Å²) in [5.41, 5.74) is 5.62. The van der Waals surface area contributed by atoms with Gasteiger partial charge in [-0.2, -0.15) is 0 Å². The fourth-order valence-corrected chi connectivity index (χ4v) is 2.27. The van der Waals surface area contributed by atoms with E-state index in [1.54, 1.807) is 11.3 Å². The van der Waals surface area contributed by atoms with Crippen molar-refractivity contribution in [2.75, 3.05) is 5.32 Å². The summed E-state index contributed by atoms with van der Waals surface area (Å²) in [7, 11) is 0. The Kier molecular flexibility index (Phi) is 2.05. The minimum atomic E-state index is -0.387. The topological polar surface area (TPSA) is 68.0 Å². The van der Waals surface area contributed by atoms with Crippen LogP contribution in [0.3, 0.4) is 0 Å². The fraction of sp³-hybridized carbons (Fsp3) is 0.500. The molecule has 0 fully saturated rings. The molecule has 1 atom stereocenters. The maximum Gasteiger partial charge on any atom is 0.242 e. The molecule has 0 saturated carbocycles. The molecule has 3 N–H and O–H groups in total. The Morgan fingerprint density at radius 2 is 2.46 bits per heavy atom. The smallest absolute Gasteiger partial charge is 0.242 e. The number of carbonyl (C=O) groups excluding carboxylic acids is 1. The highest BCUT2D eigenvalue weighted by atomic mass is 32.1. The zero-order valence-corrected chi connectivity index (χ0v) is 8.15. The SMILES string of the molecule is Cc1nc2c(s1)CC[C@H](N)C(=O)N2. The summed E-state index contributed by atoms with van der Waals surface area (Å²) in [4.78, 5) is 16.7. The van der Waals surface area contributed by atoms with Gasteiger partial charge in [-0.15, -0.1) is 11.3 Å². The zero-order valence-electron chi connectivity index (χ0n) is 7.33. The Morgan fingerprint density at radius 1 is 1.69 bits per heavy atom. The van der Waals surface area contributed by atoms with Crippen molar-refractivity contribution in [1.29, 1.82) is 0 Å². The summed E-state index contributed by atoms with van der Waals surface area (Å²) < 4.78 is 0. The predicted octanol–water partition coefficient (Wildman–Crippen LogP) is 0.664. The van der Waals surface area contributed by atoms with E-state index in [9.17, 15) is 4.79 Å². The van der Waals surface area contributed by atoms with Crippen LogP contribution in [0.2, 0.25) is 0 Å². The zero-order chi connectivity index (χ0) is 9.42. The van der Waals surface area contributed by atoms with Crippen molar-refractivity contribution < 1.29 is 4.79 Å². The highest BCUT2D eigenvalue weighted by molar-refractivity contribution is 7.12. The van der Waals surface area contributed by atoms with Crippen LogP contribution in [0, 0.1) is 6.92 Å². The van der Waals surface area contributed by atoms with Crippen LogP contribution in [0.15, 0.2) is 0 Å². The molecule has 2 rings (SSSR count). The maximum atomic E-state index is 11.3. The van der Waals surface area contributed by atoms with Gasteiger partial charge in [-0.25, -0.2) is 4.98 Å². The van der Waals surface area contributed by atoms with Crippen molar-refractivity contribution in [3.05, 3.63) is 9.88 Å². The molecule has 1 aliphatic heterocycles. The second-order valence-electron chi connectivity index (χ2n) is 3.14. The Bertz CT molecular complexity index is 347. The molecule has 0 aromatic carbocycles. The molecular weight excluding hydrogens is 186 g/mol. The molecule has 2 heterocycles. The molecule has 1 aromatic heterocycles. The van der Waals surface area contributed by atoms with Crippen LogP contribution >= 0.6 is 11.3 Å². The van der Waals surface area contributed by atoms with Crippen LogP contribution in [0.25, 0.3) is 0 Å². The number of amides is 1. The second kappa shape index (κ2) is 3.08. The quantitative estimate of drug-likeness (QED) is 0.642. The summed E-state index contributed by atoms with van der Waals surface area (Å²) in [6.45, 7) is 1.94. The van der Waals surface area contributed by atoms with Crippen molar-refractivity contribution in [3.63, 3.8) is 0 Å². The summed E-state index contributed by atoms with van der Waals surface area (Å²) in [6.07, 6.45) is 1.56. The molecule has 0 bridgehead atoms. The Morgan fingerprint density at radius 3 is 3.23 bits per heavy atom. The van der Waals surface area contributed by atoms with Crippen LogP contribution in [0.4, 0.5) is 5.82 Å². The summed E-state index contributed by atoms with van der Waals surface area (Å²) in [6, 6.07) is -0.387. The molecule has 0 unspecified atom stereocenters. The number of fused-ring (bicyclic) bond motifs is 1. The van der Waals surface area contributed by atoms with E-state index < -0.39 is 0 Å². The number of aromatic nitrogens is 1. The van der Waals surface area contributed by atoms with E-state index in [1.165, 1.54) is 0 Å². The van der Waals surface area contributed by atoms with Gasteiger partial charge in [-0.05, 0) is 19.8 Å². The Balaban J connectivity index is 2.33. The van der Waals surface area contributed by atoms with Crippen LogP contribution in [0.5, 0.6) is 0 Å². The van der Waals surface area contributed by atoms with Gasteiger partial charge in [0.15, 0.2) is 0 Å². The molecule has 1 aliphatic rings. The van der Waals surface area contributed by atoms with Crippen molar-refractivity contribution in [2.24, 2.45) is 5.73 Å². The highest BCUT2D eigenvalue weighted by Gasteiger charge is 2.22. The first-order chi connectivity index (χ1) is 6.16. The first kappa shape index (κ1) is 8.65. The number of hydrogen-bond acceptors (Lipinski definition) is 4. The lowest BCUT2D eigenvalue weighted by Gasteiger charge is -2.04. The minimum Gasteiger partial charge on any atom is -0.320 e. The lowest BCUT2D eigenvalue weighted by molar-refractivity contribution is -0.117. The van der Waals surface area contributed by atoms with Gasteiger partial charge in [-0.1, -0.05) is 0 Å². The number of aryl methyl sites for hydroxylation is 2. The second-order valence-corrected chi connectivity index (χ2v) is 4.43. The molecule has 4 nitrogen and oxygen atoms in total. The Hall–Kier alpha value is -0.940. The summed E-state index contributed by atoms with van der Waals surface area (Å²) in [5.74, 6) is 0.588. The van der Waals surface area contributed by atoms with Gasteiger partial charge in [0.25, 0.3) is 0 Å². The van der Waals surface area contributed by atoms with Crippen LogP contribution in [-0.2, 0) is 11.2 Å².